The highest BCUT2D eigenvalue weighted by Crippen LogP contribution is 2.24. The largest absolute Gasteiger partial charge is 0.322 e. The van der Waals surface area contributed by atoms with Crippen molar-refractivity contribution in [1.82, 2.24) is 14.6 Å². The first kappa shape index (κ1) is 18.6. The van der Waals surface area contributed by atoms with Gasteiger partial charge in [0.15, 0.2) is 5.65 Å². The molecule has 2 heterocycles. The Kier molecular flexibility index (Phi) is 4.73. The monoisotopic (exact) mass is 407 g/mol. The van der Waals surface area contributed by atoms with Crippen LogP contribution in [0.3, 0.4) is 0 Å². The summed E-state index contributed by atoms with van der Waals surface area (Å²) in [5, 5.41) is 10.5. The normalized spacial score (nSPS) is 11.3. The van der Waals surface area contributed by atoms with E-state index in [1.54, 1.807) is 66.1 Å². The quantitative estimate of drug-likeness (QED) is 0.529. The summed E-state index contributed by atoms with van der Waals surface area (Å²) in [4.78, 5) is 12.7. The number of aromatic nitrogens is 3. The summed E-state index contributed by atoms with van der Waals surface area (Å²) in [6.07, 6.45) is 3.13. The predicted molar refractivity (Wildman–Crippen MR) is 109 cm³/mol. The second-order valence-corrected chi connectivity index (χ2v) is 8.10. The van der Waals surface area contributed by atoms with Crippen LogP contribution in [0.15, 0.2) is 78.1 Å². The molecule has 2 aromatic carbocycles. The Labute approximate surface area is 167 Å². The highest BCUT2D eigenvalue weighted by atomic mass is 32.2. The first-order chi connectivity index (χ1) is 13.9. The molecule has 0 aliphatic rings. The maximum atomic E-state index is 12.6. The van der Waals surface area contributed by atoms with Crippen molar-refractivity contribution >= 4 is 33.0 Å². The van der Waals surface area contributed by atoms with E-state index >= 15 is 0 Å². The fraction of sp³-hybridized carbons (Fsp3) is 0.0500. The standard InChI is InChI=1S/C20H17N5O3S/c1-14-7-9-16(11-18(14)24-29(27,28)17-5-3-2-4-6-17)22-20(26)15-8-10-19-23-21-13-25(19)12-15/h2-13,24H,1H3,(H,22,26). The van der Waals surface area contributed by atoms with Crippen molar-refractivity contribution in [3.05, 3.63) is 84.3 Å². The number of hydrogen-bond acceptors (Lipinski definition) is 5. The van der Waals surface area contributed by atoms with Crippen molar-refractivity contribution in [2.24, 2.45) is 0 Å². The van der Waals surface area contributed by atoms with Gasteiger partial charge in [-0.05, 0) is 48.9 Å². The fourth-order valence-electron chi connectivity index (χ4n) is 2.78. The van der Waals surface area contributed by atoms with Crippen molar-refractivity contribution in [2.45, 2.75) is 11.8 Å². The van der Waals surface area contributed by atoms with Crippen LogP contribution in [0.1, 0.15) is 15.9 Å². The molecule has 8 nitrogen and oxygen atoms in total. The predicted octanol–water partition coefficient (Wildman–Crippen LogP) is 3.09. The summed E-state index contributed by atoms with van der Waals surface area (Å²) < 4.78 is 29.4. The van der Waals surface area contributed by atoms with Crippen molar-refractivity contribution < 1.29 is 13.2 Å². The molecule has 0 saturated heterocycles. The third-order valence-electron chi connectivity index (χ3n) is 4.35. The molecule has 146 valence electrons. The van der Waals surface area contributed by atoms with Gasteiger partial charge in [-0.15, -0.1) is 10.2 Å². The Hall–Kier alpha value is -3.72. The molecule has 0 fully saturated rings. The van der Waals surface area contributed by atoms with E-state index in [4.69, 9.17) is 0 Å². The second kappa shape index (κ2) is 7.36. The van der Waals surface area contributed by atoms with Crippen molar-refractivity contribution in [3.8, 4) is 0 Å². The van der Waals surface area contributed by atoms with E-state index in [2.05, 4.69) is 20.2 Å². The average molecular weight is 407 g/mol. The first-order valence-electron chi connectivity index (χ1n) is 8.72. The molecule has 0 bridgehead atoms. The zero-order valence-corrected chi connectivity index (χ0v) is 16.2. The number of fused-ring (bicyclic) bond motifs is 1. The van der Waals surface area contributed by atoms with Crippen molar-refractivity contribution in [1.29, 1.82) is 0 Å². The SMILES string of the molecule is Cc1ccc(NC(=O)c2ccc3nncn3c2)cc1NS(=O)(=O)c1ccccc1. The van der Waals surface area contributed by atoms with Crippen LogP contribution in [0, 0.1) is 6.92 Å². The van der Waals surface area contributed by atoms with Gasteiger partial charge >= 0.3 is 0 Å². The van der Waals surface area contributed by atoms with Gasteiger partial charge in [-0.25, -0.2) is 8.42 Å². The molecule has 2 aromatic heterocycles. The molecule has 0 radical (unpaired) electrons. The topological polar surface area (TPSA) is 105 Å². The summed E-state index contributed by atoms with van der Waals surface area (Å²) in [7, 11) is -3.73. The van der Waals surface area contributed by atoms with Gasteiger partial charge in [0.1, 0.15) is 6.33 Å². The molecule has 2 N–H and O–H groups in total. The fourth-order valence-corrected chi connectivity index (χ4v) is 3.92. The van der Waals surface area contributed by atoms with Gasteiger partial charge < -0.3 is 5.32 Å². The molecule has 4 rings (SSSR count). The molecule has 0 aliphatic carbocycles. The van der Waals surface area contributed by atoms with E-state index in [9.17, 15) is 13.2 Å². The van der Waals surface area contributed by atoms with E-state index in [1.165, 1.54) is 18.5 Å². The van der Waals surface area contributed by atoms with Crippen LogP contribution in [0.2, 0.25) is 0 Å². The van der Waals surface area contributed by atoms with Gasteiger partial charge in [0.05, 0.1) is 16.1 Å². The van der Waals surface area contributed by atoms with E-state index in [0.29, 0.717) is 22.6 Å². The molecule has 0 aliphatic heterocycles. The van der Waals surface area contributed by atoms with Crippen LogP contribution < -0.4 is 10.0 Å². The Bertz CT molecular complexity index is 1300. The lowest BCUT2D eigenvalue weighted by Gasteiger charge is -2.13. The summed E-state index contributed by atoms with van der Waals surface area (Å²) in [5.74, 6) is -0.332. The van der Waals surface area contributed by atoms with Gasteiger partial charge in [0.25, 0.3) is 15.9 Å². The van der Waals surface area contributed by atoms with Crippen LogP contribution in [0.5, 0.6) is 0 Å². The van der Waals surface area contributed by atoms with Crippen LogP contribution in [-0.4, -0.2) is 28.9 Å². The Balaban J connectivity index is 1.57. The number of aryl methyl sites for hydroxylation is 1. The van der Waals surface area contributed by atoms with Crippen LogP contribution in [0.25, 0.3) is 5.65 Å². The van der Waals surface area contributed by atoms with Crippen LogP contribution in [0.4, 0.5) is 11.4 Å². The summed E-state index contributed by atoms with van der Waals surface area (Å²) in [5.41, 5.74) is 2.64. The molecule has 0 saturated carbocycles. The summed E-state index contributed by atoms with van der Waals surface area (Å²) in [6.45, 7) is 1.79. The molecule has 0 unspecified atom stereocenters. The highest BCUT2D eigenvalue weighted by molar-refractivity contribution is 7.92. The number of anilines is 2. The van der Waals surface area contributed by atoms with Crippen molar-refractivity contribution in [2.75, 3.05) is 10.0 Å². The van der Waals surface area contributed by atoms with Crippen LogP contribution in [-0.2, 0) is 10.0 Å². The number of carbonyl (C=O) groups is 1. The summed E-state index contributed by atoms with van der Waals surface area (Å²) in [6, 6.07) is 16.5. The van der Waals surface area contributed by atoms with Gasteiger partial charge in [0.2, 0.25) is 0 Å². The van der Waals surface area contributed by atoms with Gasteiger partial charge in [0, 0.05) is 11.9 Å². The first-order valence-corrected chi connectivity index (χ1v) is 10.2. The lowest BCUT2D eigenvalue weighted by atomic mass is 10.2. The molecule has 1 amide bonds. The minimum Gasteiger partial charge on any atom is -0.322 e. The zero-order chi connectivity index (χ0) is 20.4. The number of amides is 1. The average Bonchev–Trinajstić information content (AvgIpc) is 3.19. The van der Waals surface area contributed by atoms with E-state index < -0.39 is 10.0 Å². The van der Waals surface area contributed by atoms with E-state index in [0.717, 1.165) is 5.56 Å². The minimum atomic E-state index is -3.73. The lowest BCUT2D eigenvalue weighted by molar-refractivity contribution is 0.102. The third kappa shape index (κ3) is 3.94. The number of hydrogen-bond donors (Lipinski definition) is 2. The smallest absolute Gasteiger partial charge is 0.261 e. The molecule has 9 heteroatoms. The van der Waals surface area contributed by atoms with Gasteiger partial charge in [-0.1, -0.05) is 24.3 Å². The van der Waals surface area contributed by atoms with E-state index in [-0.39, 0.29) is 10.8 Å². The van der Waals surface area contributed by atoms with Crippen LogP contribution >= 0.6 is 0 Å². The third-order valence-corrected chi connectivity index (χ3v) is 5.73. The van der Waals surface area contributed by atoms with E-state index in [1.807, 2.05) is 0 Å². The summed E-state index contributed by atoms with van der Waals surface area (Å²) >= 11 is 0. The highest BCUT2D eigenvalue weighted by Gasteiger charge is 2.16. The maximum Gasteiger partial charge on any atom is 0.261 e. The lowest BCUT2D eigenvalue weighted by Crippen LogP contribution is -2.15. The number of nitrogens with zero attached hydrogens (tertiary/aromatic N) is 3. The number of carbonyl (C=O) groups excluding carboxylic acids is 1. The number of rotatable bonds is 5. The molecule has 0 atom stereocenters. The molecule has 4 aromatic rings. The second-order valence-electron chi connectivity index (χ2n) is 6.42. The molecule has 0 spiro atoms. The van der Waals surface area contributed by atoms with Crippen molar-refractivity contribution in [3.63, 3.8) is 0 Å². The maximum absolute atomic E-state index is 12.6. The number of benzene rings is 2. The molecule has 29 heavy (non-hydrogen) atoms. The molecular weight excluding hydrogens is 390 g/mol. The Morgan fingerprint density at radius 3 is 2.62 bits per heavy atom. The number of pyridine rings is 1. The van der Waals surface area contributed by atoms with Gasteiger partial charge in [-0.2, -0.15) is 0 Å². The Morgan fingerprint density at radius 1 is 1.03 bits per heavy atom. The van der Waals surface area contributed by atoms with Gasteiger partial charge in [-0.3, -0.25) is 13.9 Å². The Morgan fingerprint density at radius 2 is 1.83 bits per heavy atom. The number of sulfonamides is 1. The zero-order valence-electron chi connectivity index (χ0n) is 15.4. The minimum absolute atomic E-state index is 0.163. The molecular formula is C20H17N5O3S. The number of nitrogens with one attached hydrogen (secondary N) is 2.